The number of hydrogen-bond acceptors (Lipinski definition) is 4. The van der Waals surface area contributed by atoms with E-state index in [1.165, 1.54) is 49.9 Å². The molecule has 1 aromatic rings. The van der Waals surface area contributed by atoms with Crippen molar-refractivity contribution in [2.45, 2.75) is 45.2 Å². The number of guanidine groups is 1. The van der Waals surface area contributed by atoms with Gasteiger partial charge in [0.2, 0.25) is 0 Å². The van der Waals surface area contributed by atoms with E-state index in [4.69, 9.17) is 9.47 Å². The van der Waals surface area contributed by atoms with Crippen molar-refractivity contribution < 1.29 is 9.47 Å². The van der Waals surface area contributed by atoms with Crippen molar-refractivity contribution in [1.82, 2.24) is 15.5 Å². The number of benzene rings is 1. The summed E-state index contributed by atoms with van der Waals surface area (Å²) < 4.78 is 10.4. The van der Waals surface area contributed by atoms with E-state index < -0.39 is 0 Å². The molecule has 1 aliphatic rings. The van der Waals surface area contributed by atoms with Gasteiger partial charge in [-0.15, -0.1) is 24.0 Å². The summed E-state index contributed by atoms with van der Waals surface area (Å²) >= 11 is 0. The maximum Gasteiger partial charge on any atom is 0.191 e. The molecule has 6 nitrogen and oxygen atoms in total. The molecule has 2 rings (SSSR count). The maximum absolute atomic E-state index is 5.46. The van der Waals surface area contributed by atoms with Gasteiger partial charge in [0.1, 0.15) is 0 Å². The van der Waals surface area contributed by atoms with Crippen LogP contribution in [0.15, 0.2) is 29.3 Å². The fraction of sp³-hybridized carbons (Fsp3) is 0.682. The van der Waals surface area contributed by atoms with Gasteiger partial charge in [0.15, 0.2) is 5.96 Å². The summed E-state index contributed by atoms with van der Waals surface area (Å²) in [6, 6.07) is 8.96. The van der Waals surface area contributed by atoms with Crippen LogP contribution in [0, 0.1) is 0 Å². The van der Waals surface area contributed by atoms with Crippen LogP contribution in [0.1, 0.15) is 43.2 Å². The van der Waals surface area contributed by atoms with Crippen LogP contribution < -0.4 is 10.6 Å². The van der Waals surface area contributed by atoms with E-state index in [9.17, 15) is 0 Å². The minimum absolute atomic E-state index is 0. The smallest absolute Gasteiger partial charge is 0.191 e. The van der Waals surface area contributed by atoms with E-state index in [-0.39, 0.29) is 24.0 Å². The Morgan fingerprint density at radius 1 is 0.966 bits per heavy atom. The van der Waals surface area contributed by atoms with E-state index in [1.54, 1.807) is 14.2 Å². The lowest BCUT2D eigenvalue weighted by molar-refractivity contribution is 0.0698. The van der Waals surface area contributed by atoms with Crippen LogP contribution in [0.5, 0.6) is 0 Å². The highest BCUT2D eigenvalue weighted by atomic mass is 127. The number of ether oxygens (including phenoxy) is 2. The second-order valence-electron chi connectivity index (χ2n) is 7.32. The predicted molar refractivity (Wildman–Crippen MR) is 131 cm³/mol. The third-order valence-electron chi connectivity index (χ3n) is 5.00. The SMILES string of the molecule is CN=C(NCCCOCCOC)NCc1ccc(CN2CCCCCC2)cc1.I. The molecule has 2 N–H and O–H groups in total. The van der Waals surface area contributed by atoms with E-state index in [0.717, 1.165) is 38.6 Å². The number of aliphatic imine (C=N–C) groups is 1. The average Bonchev–Trinajstić information content (AvgIpc) is 2.99. The van der Waals surface area contributed by atoms with E-state index in [1.807, 2.05) is 0 Å². The number of nitrogens with zero attached hydrogens (tertiary/aromatic N) is 2. The second-order valence-corrected chi connectivity index (χ2v) is 7.32. The zero-order valence-electron chi connectivity index (χ0n) is 18.1. The molecule has 0 bridgehead atoms. The molecule has 1 aliphatic heterocycles. The van der Waals surface area contributed by atoms with Gasteiger partial charge < -0.3 is 20.1 Å². The molecule has 29 heavy (non-hydrogen) atoms. The zero-order valence-corrected chi connectivity index (χ0v) is 20.5. The third kappa shape index (κ3) is 11.8. The molecule has 1 saturated heterocycles. The molecule has 0 amide bonds. The normalized spacial score (nSPS) is 15.4. The molecular weight excluding hydrogens is 479 g/mol. The van der Waals surface area contributed by atoms with Crippen LogP contribution in [0.2, 0.25) is 0 Å². The molecule has 0 saturated carbocycles. The van der Waals surface area contributed by atoms with Crippen LogP contribution in [-0.2, 0) is 22.6 Å². The summed E-state index contributed by atoms with van der Waals surface area (Å²) in [6.45, 7) is 7.18. The lowest BCUT2D eigenvalue weighted by atomic mass is 10.1. The van der Waals surface area contributed by atoms with Crippen LogP contribution in [-0.4, -0.2) is 64.5 Å². The summed E-state index contributed by atoms with van der Waals surface area (Å²) in [5.41, 5.74) is 2.67. The molecule has 0 unspecified atom stereocenters. The average molecular weight is 518 g/mol. The van der Waals surface area contributed by atoms with Crippen LogP contribution in [0.4, 0.5) is 0 Å². The van der Waals surface area contributed by atoms with Gasteiger partial charge in [0.25, 0.3) is 0 Å². The summed E-state index contributed by atoms with van der Waals surface area (Å²) in [5, 5.41) is 6.70. The molecule has 1 fully saturated rings. The second kappa shape index (κ2) is 16.8. The molecule has 0 aromatic heterocycles. The molecule has 7 heteroatoms. The van der Waals surface area contributed by atoms with Gasteiger partial charge in [0, 0.05) is 40.4 Å². The maximum atomic E-state index is 5.46. The lowest BCUT2D eigenvalue weighted by Gasteiger charge is -2.20. The van der Waals surface area contributed by atoms with Gasteiger partial charge in [-0.3, -0.25) is 9.89 Å². The summed E-state index contributed by atoms with van der Waals surface area (Å²) in [6.07, 6.45) is 6.39. The van der Waals surface area contributed by atoms with Crippen molar-refractivity contribution in [2.75, 3.05) is 53.6 Å². The van der Waals surface area contributed by atoms with Crippen LogP contribution >= 0.6 is 24.0 Å². The lowest BCUT2D eigenvalue weighted by Crippen LogP contribution is -2.37. The van der Waals surface area contributed by atoms with Gasteiger partial charge in [0.05, 0.1) is 13.2 Å². The minimum Gasteiger partial charge on any atom is -0.382 e. The predicted octanol–water partition coefficient (Wildman–Crippen LogP) is 3.40. The van der Waals surface area contributed by atoms with Crippen molar-refractivity contribution in [3.05, 3.63) is 35.4 Å². The molecular formula is C22H39IN4O2. The Hall–Kier alpha value is -0.900. The highest BCUT2D eigenvalue weighted by Gasteiger charge is 2.09. The van der Waals surface area contributed by atoms with Crippen LogP contribution in [0.25, 0.3) is 0 Å². The number of nitrogens with one attached hydrogen (secondary N) is 2. The molecule has 1 heterocycles. The monoisotopic (exact) mass is 518 g/mol. The van der Waals surface area contributed by atoms with E-state index in [2.05, 4.69) is 44.8 Å². The number of hydrogen-bond donors (Lipinski definition) is 2. The molecule has 1 aromatic carbocycles. The summed E-state index contributed by atoms with van der Waals surface area (Å²) in [5.74, 6) is 0.825. The Kier molecular flexibility index (Phi) is 15.2. The standard InChI is InChI=1S/C22H38N4O2.HI/c1-23-22(24-12-7-15-28-17-16-27-2)25-18-20-8-10-21(11-9-20)19-26-13-5-3-4-6-14-26;/h8-11H,3-7,12-19H2,1-2H3,(H2,23,24,25);1H. The quantitative estimate of drug-likeness (QED) is 0.204. The fourth-order valence-corrected chi connectivity index (χ4v) is 3.35. The number of halogens is 1. The van der Waals surface area contributed by atoms with Gasteiger partial charge >= 0.3 is 0 Å². The van der Waals surface area contributed by atoms with Gasteiger partial charge in [-0.25, -0.2) is 0 Å². The van der Waals surface area contributed by atoms with Crippen molar-refractivity contribution in [2.24, 2.45) is 4.99 Å². The first-order valence-corrected chi connectivity index (χ1v) is 10.6. The van der Waals surface area contributed by atoms with E-state index in [0.29, 0.717) is 13.2 Å². The van der Waals surface area contributed by atoms with Crippen molar-refractivity contribution in [3.8, 4) is 0 Å². The van der Waals surface area contributed by atoms with Crippen molar-refractivity contribution >= 4 is 29.9 Å². The summed E-state index contributed by atoms with van der Waals surface area (Å²) in [7, 11) is 3.48. The summed E-state index contributed by atoms with van der Waals surface area (Å²) in [4.78, 5) is 6.87. The Morgan fingerprint density at radius 3 is 2.31 bits per heavy atom. The third-order valence-corrected chi connectivity index (χ3v) is 5.00. The van der Waals surface area contributed by atoms with Crippen molar-refractivity contribution in [3.63, 3.8) is 0 Å². The molecule has 0 radical (unpaired) electrons. The number of likely N-dealkylation sites (tertiary alicyclic amines) is 1. The Labute approximate surface area is 193 Å². The first-order chi connectivity index (χ1) is 13.8. The Bertz CT molecular complexity index is 546. The topological polar surface area (TPSA) is 58.1 Å². The number of methoxy groups -OCH3 is 1. The first-order valence-electron chi connectivity index (χ1n) is 10.6. The molecule has 0 aliphatic carbocycles. The molecule has 0 atom stereocenters. The fourth-order valence-electron chi connectivity index (χ4n) is 3.35. The highest BCUT2D eigenvalue weighted by Crippen LogP contribution is 2.13. The van der Waals surface area contributed by atoms with Gasteiger partial charge in [-0.1, -0.05) is 37.1 Å². The largest absolute Gasteiger partial charge is 0.382 e. The first kappa shape index (κ1) is 26.1. The van der Waals surface area contributed by atoms with Gasteiger partial charge in [-0.2, -0.15) is 0 Å². The molecule has 0 spiro atoms. The van der Waals surface area contributed by atoms with Gasteiger partial charge in [-0.05, 0) is 43.5 Å². The molecule has 166 valence electrons. The Morgan fingerprint density at radius 2 is 1.66 bits per heavy atom. The van der Waals surface area contributed by atoms with Crippen molar-refractivity contribution in [1.29, 1.82) is 0 Å². The number of rotatable bonds is 11. The Balaban J connectivity index is 0.00000420. The minimum atomic E-state index is 0. The van der Waals surface area contributed by atoms with Crippen LogP contribution in [0.3, 0.4) is 0 Å². The zero-order chi connectivity index (χ0) is 19.9. The highest BCUT2D eigenvalue weighted by molar-refractivity contribution is 14.0. The van der Waals surface area contributed by atoms with E-state index >= 15 is 0 Å².